The summed E-state index contributed by atoms with van der Waals surface area (Å²) in [5.74, 6) is 0.211. The fourth-order valence-electron chi connectivity index (χ4n) is 3.05. The lowest BCUT2D eigenvalue weighted by molar-refractivity contribution is -0.120. The number of fused-ring (bicyclic) bond motifs is 1. The van der Waals surface area contributed by atoms with Gasteiger partial charge in [0.1, 0.15) is 0 Å². The highest BCUT2D eigenvalue weighted by atomic mass is 35.5. The first-order chi connectivity index (χ1) is 9.27. The Morgan fingerprint density at radius 2 is 2.21 bits per heavy atom. The Hall–Kier alpha value is -1.06. The van der Waals surface area contributed by atoms with Crippen LogP contribution in [0.25, 0.3) is 0 Å². The standard InChI is InChI=1S/C15H19ClN2O/c16-12-6-3-8-14-11(12)5-1-2-10-18(14)15(19)13-7-4-9-17-13/h3,6,8,13,17H,1-2,4-5,7,9-10H2/t13-/m0/s1. The van der Waals surface area contributed by atoms with Crippen molar-refractivity contribution in [3.8, 4) is 0 Å². The van der Waals surface area contributed by atoms with Gasteiger partial charge in [-0.3, -0.25) is 4.79 Å². The molecule has 19 heavy (non-hydrogen) atoms. The van der Waals surface area contributed by atoms with Gasteiger partial charge in [0.25, 0.3) is 0 Å². The molecule has 2 heterocycles. The molecule has 3 nitrogen and oxygen atoms in total. The van der Waals surface area contributed by atoms with Crippen LogP contribution in [0.15, 0.2) is 18.2 Å². The summed E-state index contributed by atoms with van der Waals surface area (Å²) in [5.41, 5.74) is 2.15. The minimum absolute atomic E-state index is 0.00932. The summed E-state index contributed by atoms with van der Waals surface area (Å²) >= 11 is 6.29. The normalized spacial score (nSPS) is 23.0. The molecule has 4 heteroatoms. The van der Waals surface area contributed by atoms with Crippen LogP contribution in [-0.4, -0.2) is 25.0 Å². The van der Waals surface area contributed by atoms with Crippen molar-refractivity contribution in [1.29, 1.82) is 0 Å². The van der Waals surface area contributed by atoms with E-state index in [0.717, 1.165) is 61.5 Å². The summed E-state index contributed by atoms with van der Waals surface area (Å²) in [6, 6.07) is 5.88. The van der Waals surface area contributed by atoms with E-state index >= 15 is 0 Å². The molecule has 1 aromatic rings. The topological polar surface area (TPSA) is 32.3 Å². The number of nitrogens with zero attached hydrogens (tertiary/aromatic N) is 1. The summed E-state index contributed by atoms with van der Waals surface area (Å²) in [4.78, 5) is 14.6. The van der Waals surface area contributed by atoms with Crippen molar-refractivity contribution < 1.29 is 4.79 Å². The monoisotopic (exact) mass is 278 g/mol. The zero-order valence-electron chi connectivity index (χ0n) is 11.0. The lowest BCUT2D eigenvalue weighted by Crippen LogP contribution is -2.44. The second kappa shape index (κ2) is 5.51. The van der Waals surface area contributed by atoms with E-state index in [2.05, 4.69) is 5.32 Å². The molecule has 1 aromatic carbocycles. The Bertz CT molecular complexity index is 483. The number of halogens is 1. The number of hydrogen-bond acceptors (Lipinski definition) is 2. The van der Waals surface area contributed by atoms with Gasteiger partial charge in [-0.15, -0.1) is 0 Å². The molecule has 0 radical (unpaired) electrons. The molecule has 0 aromatic heterocycles. The zero-order valence-corrected chi connectivity index (χ0v) is 11.7. The summed E-state index contributed by atoms with van der Waals surface area (Å²) < 4.78 is 0. The van der Waals surface area contributed by atoms with Crippen molar-refractivity contribution in [2.45, 2.75) is 38.1 Å². The first-order valence-corrected chi connectivity index (χ1v) is 7.47. The lowest BCUT2D eigenvalue weighted by atomic mass is 10.1. The van der Waals surface area contributed by atoms with Gasteiger partial charge in [0.15, 0.2) is 0 Å². The van der Waals surface area contributed by atoms with Gasteiger partial charge in [-0.25, -0.2) is 0 Å². The van der Waals surface area contributed by atoms with E-state index in [0.29, 0.717) is 0 Å². The Kier molecular flexibility index (Phi) is 3.76. The van der Waals surface area contributed by atoms with E-state index in [-0.39, 0.29) is 11.9 Å². The first kappa shape index (κ1) is 12.9. The van der Waals surface area contributed by atoms with Gasteiger partial charge >= 0.3 is 0 Å². The average Bonchev–Trinajstić information content (AvgIpc) is 2.85. The van der Waals surface area contributed by atoms with Crippen molar-refractivity contribution in [2.75, 3.05) is 18.0 Å². The lowest BCUT2D eigenvalue weighted by Gasteiger charge is -2.26. The number of hydrogen-bond donors (Lipinski definition) is 1. The third-order valence-corrected chi connectivity index (χ3v) is 4.42. The highest BCUT2D eigenvalue weighted by Crippen LogP contribution is 2.32. The summed E-state index contributed by atoms with van der Waals surface area (Å²) in [7, 11) is 0. The number of rotatable bonds is 1. The largest absolute Gasteiger partial charge is 0.311 e. The summed E-state index contributed by atoms with van der Waals surface area (Å²) in [6.07, 6.45) is 5.15. The van der Waals surface area contributed by atoms with Crippen LogP contribution in [0.1, 0.15) is 31.2 Å². The van der Waals surface area contributed by atoms with Crippen LogP contribution in [0.4, 0.5) is 5.69 Å². The number of carbonyl (C=O) groups excluding carboxylic acids is 1. The first-order valence-electron chi connectivity index (χ1n) is 7.09. The second-order valence-electron chi connectivity index (χ2n) is 5.33. The molecule has 1 amide bonds. The summed E-state index contributed by atoms with van der Waals surface area (Å²) in [5, 5.41) is 4.08. The fourth-order valence-corrected chi connectivity index (χ4v) is 3.32. The number of nitrogens with one attached hydrogen (secondary N) is 1. The minimum Gasteiger partial charge on any atom is -0.311 e. The third-order valence-electron chi connectivity index (χ3n) is 4.07. The van der Waals surface area contributed by atoms with Crippen molar-refractivity contribution in [2.24, 2.45) is 0 Å². The molecule has 102 valence electrons. The van der Waals surface area contributed by atoms with Crippen LogP contribution >= 0.6 is 11.6 Å². The number of benzene rings is 1. The van der Waals surface area contributed by atoms with E-state index < -0.39 is 0 Å². The quantitative estimate of drug-likeness (QED) is 0.857. The maximum atomic E-state index is 12.6. The molecule has 1 N–H and O–H groups in total. The van der Waals surface area contributed by atoms with Crippen molar-refractivity contribution in [3.05, 3.63) is 28.8 Å². The molecule has 1 fully saturated rings. The van der Waals surface area contributed by atoms with Gasteiger partial charge in [0.05, 0.1) is 6.04 Å². The van der Waals surface area contributed by atoms with Crippen LogP contribution in [0.5, 0.6) is 0 Å². The molecule has 1 saturated heterocycles. The molecular formula is C15H19ClN2O. The second-order valence-corrected chi connectivity index (χ2v) is 5.74. The fraction of sp³-hybridized carbons (Fsp3) is 0.533. The maximum absolute atomic E-state index is 12.6. The molecule has 3 rings (SSSR count). The van der Waals surface area contributed by atoms with Gasteiger partial charge < -0.3 is 10.2 Å². The van der Waals surface area contributed by atoms with E-state index in [4.69, 9.17) is 11.6 Å². The number of amides is 1. The smallest absolute Gasteiger partial charge is 0.244 e. The summed E-state index contributed by atoms with van der Waals surface area (Å²) in [6.45, 7) is 1.76. The van der Waals surface area contributed by atoms with Crippen LogP contribution in [0.2, 0.25) is 5.02 Å². The Balaban J connectivity index is 1.93. The average molecular weight is 279 g/mol. The van der Waals surface area contributed by atoms with E-state index in [1.165, 1.54) is 0 Å². The molecule has 0 saturated carbocycles. The molecule has 0 unspecified atom stereocenters. The van der Waals surface area contributed by atoms with Crippen molar-refractivity contribution >= 4 is 23.2 Å². The Morgan fingerprint density at radius 1 is 1.32 bits per heavy atom. The minimum atomic E-state index is -0.00932. The molecule has 0 aliphatic carbocycles. The van der Waals surface area contributed by atoms with Gasteiger partial charge in [0, 0.05) is 17.3 Å². The van der Waals surface area contributed by atoms with Gasteiger partial charge in [-0.2, -0.15) is 0 Å². The van der Waals surface area contributed by atoms with Gasteiger partial charge in [-0.1, -0.05) is 17.7 Å². The highest BCUT2D eigenvalue weighted by molar-refractivity contribution is 6.31. The molecule has 0 bridgehead atoms. The van der Waals surface area contributed by atoms with Crippen LogP contribution < -0.4 is 10.2 Å². The SMILES string of the molecule is O=C([C@@H]1CCCN1)N1CCCCc2c(Cl)cccc21. The molecule has 2 aliphatic heterocycles. The maximum Gasteiger partial charge on any atom is 0.244 e. The number of anilines is 1. The van der Waals surface area contributed by atoms with E-state index in [9.17, 15) is 4.79 Å². The highest BCUT2D eigenvalue weighted by Gasteiger charge is 2.30. The molecular weight excluding hydrogens is 260 g/mol. The van der Waals surface area contributed by atoms with Crippen LogP contribution in [0, 0.1) is 0 Å². The van der Waals surface area contributed by atoms with Gasteiger partial charge in [-0.05, 0) is 56.3 Å². The molecule has 0 spiro atoms. The number of carbonyl (C=O) groups is 1. The molecule has 2 aliphatic rings. The van der Waals surface area contributed by atoms with Crippen molar-refractivity contribution in [3.63, 3.8) is 0 Å². The third kappa shape index (κ3) is 2.49. The Morgan fingerprint density at radius 3 is 3.00 bits per heavy atom. The van der Waals surface area contributed by atoms with Crippen LogP contribution in [0.3, 0.4) is 0 Å². The van der Waals surface area contributed by atoms with Crippen molar-refractivity contribution in [1.82, 2.24) is 5.32 Å². The van der Waals surface area contributed by atoms with Gasteiger partial charge in [0.2, 0.25) is 5.91 Å². The van der Waals surface area contributed by atoms with E-state index in [1.807, 2.05) is 23.1 Å². The van der Waals surface area contributed by atoms with E-state index in [1.54, 1.807) is 0 Å². The predicted octanol–water partition coefficient (Wildman–Crippen LogP) is 2.76. The Labute approximate surface area is 118 Å². The predicted molar refractivity (Wildman–Crippen MR) is 77.8 cm³/mol. The molecule has 1 atom stereocenters. The zero-order chi connectivity index (χ0) is 13.2. The van der Waals surface area contributed by atoms with Crippen LogP contribution in [-0.2, 0) is 11.2 Å².